The van der Waals surface area contributed by atoms with Crippen LogP contribution in [-0.2, 0) is 27.9 Å². The quantitative estimate of drug-likeness (QED) is 0.313. The van der Waals surface area contributed by atoms with Crippen molar-refractivity contribution in [1.82, 2.24) is 0 Å². The Morgan fingerprint density at radius 2 is 1.47 bits per heavy atom. The van der Waals surface area contributed by atoms with Crippen LogP contribution < -0.4 is 0 Å². The van der Waals surface area contributed by atoms with Crippen LogP contribution in [-0.4, -0.2) is 40.7 Å². The molecule has 0 aromatic carbocycles. The first-order valence-corrected chi connectivity index (χ1v) is 10.1. The van der Waals surface area contributed by atoms with Gasteiger partial charge >= 0.3 is 7.60 Å². The summed E-state index contributed by atoms with van der Waals surface area (Å²) in [6.45, 7) is 4.52. The fourth-order valence-electron chi connectivity index (χ4n) is 1.53. The number of hydrogen-bond donors (Lipinski definition) is 0. The molecule has 0 aromatic heterocycles. The third kappa shape index (κ3) is 11.6. The molecule has 116 valence electrons. The van der Waals surface area contributed by atoms with Crippen molar-refractivity contribution < 1.29 is 26.2 Å². The molecule has 0 unspecified atom stereocenters. The molecule has 6 nitrogen and oxygen atoms in total. The topological polar surface area (TPSA) is 78.9 Å². The van der Waals surface area contributed by atoms with Gasteiger partial charge in [0.2, 0.25) is 0 Å². The molecule has 19 heavy (non-hydrogen) atoms. The number of hydrogen-bond acceptors (Lipinski definition) is 6. The molecule has 0 radical (unpaired) electrons. The molecule has 0 saturated heterocycles. The summed E-state index contributed by atoms with van der Waals surface area (Å²) in [6, 6.07) is 0. The summed E-state index contributed by atoms with van der Waals surface area (Å²) in [5.41, 5.74) is 0. The molecule has 0 aliphatic carbocycles. The fourth-order valence-corrected chi connectivity index (χ4v) is 3.68. The Kier molecular flexibility index (Phi) is 9.92. The zero-order chi connectivity index (χ0) is 14.8. The Labute approximate surface area is 116 Å². The van der Waals surface area contributed by atoms with Gasteiger partial charge in [0.1, 0.15) is 0 Å². The van der Waals surface area contributed by atoms with Crippen LogP contribution in [0.1, 0.15) is 39.5 Å². The first-order chi connectivity index (χ1) is 8.83. The molecule has 0 N–H and O–H groups in total. The Balaban J connectivity index is 3.69. The van der Waals surface area contributed by atoms with Gasteiger partial charge in [-0.15, -0.1) is 0 Å². The molecular formula is C11H25O6PS. The molecule has 0 fully saturated rings. The monoisotopic (exact) mass is 316 g/mol. The van der Waals surface area contributed by atoms with E-state index in [9.17, 15) is 13.0 Å². The normalized spacial score (nSPS) is 12.8. The Bertz CT molecular complexity index is 357. The minimum Gasteiger partial charge on any atom is -0.309 e. The van der Waals surface area contributed by atoms with E-state index in [1.165, 1.54) is 0 Å². The van der Waals surface area contributed by atoms with Crippen molar-refractivity contribution in [2.45, 2.75) is 39.5 Å². The van der Waals surface area contributed by atoms with E-state index in [1.54, 1.807) is 13.8 Å². The maximum atomic E-state index is 12.1. The first-order valence-electron chi connectivity index (χ1n) is 6.55. The van der Waals surface area contributed by atoms with E-state index in [0.717, 1.165) is 25.5 Å². The maximum absolute atomic E-state index is 12.1. The summed E-state index contributed by atoms with van der Waals surface area (Å²) in [6.07, 6.45) is 4.51. The van der Waals surface area contributed by atoms with Crippen LogP contribution in [0.3, 0.4) is 0 Å². The van der Waals surface area contributed by atoms with Crippen LogP contribution in [0, 0.1) is 0 Å². The van der Waals surface area contributed by atoms with Gasteiger partial charge in [-0.1, -0.05) is 12.8 Å². The standard InChI is InChI=1S/C11H25O6PS/c1-4-15-18(12,16-5-2)11-9-7-6-8-10-17-19(3,13)14/h4-11H2,1-3H3. The molecule has 0 aliphatic heterocycles. The highest BCUT2D eigenvalue weighted by atomic mass is 32.2. The smallest absolute Gasteiger partial charge is 0.309 e. The predicted octanol–water partition coefficient (Wildman–Crippen LogP) is 2.79. The third-order valence-electron chi connectivity index (χ3n) is 2.28. The SMILES string of the molecule is CCOP(=O)(CCCCCCOS(C)(=O)=O)OCC. The van der Waals surface area contributed by atoms with Gasteiger partial charge in [-0.3, -0.25) is 8.75 Å². The second-order valence-electron chi connectivity index (χ2n) is 4.11. The molecule has 0 atom stereocenters. The average molecular weight is 316 g/mol. The van der Waals surface area contributed by atoms with E-state index >= 15 is 0 Å². The largest absolute Gasteiger partial charge is 0.330 e. The summed E-state index contributed by atoms with van der Waals surface area (Å²) in [5, 5.41) is 0. The van der Waals surface area contributed by atoms with Crippen molar-refractivity contribution in [1.29, 1.82) is 0 Å². The number of unbranched alkanes of at least 4 members (excludes halogenated alkanes) is 3. The van der Waals surface area contributed by atoms with Crippen LogP contribution in [0.5, 0.6) is 0 Å². The summed E-state index contributed by atoms with van der Waals surface area (Å²) in [5.74, 6) is 0. The van der Waals surface area contributed by atoms with Gasteiger partial charge in [0.25, 0.3) is 10.1 Å². The minimum absolute atomic E-state index is 0.202. The zero-order valence-corrected chi connectivity index (χ0v) is 13.7. The van der Waals surface area contributed by atoms with Crippen molar-refractivity contribution in [3.63, 3.8) is 0 Å². The van der Waals surface area contributed by atoms with E-state index in [1.807, 2.05) is 0 Å². The summed E-state index contributed by atoms with van der Waals surface area (Å²) in [7, 11) is -6.27. The van der Waals surface area contributed by atoms with Gasteiger partial charge in [0, 0.05) is 0 Å². The van der Waals surface area contributed by atoms with Crippen LogP contribution in [0.25, 0.3) is 0 Å². The highest BCUT2D eigenvalue weighted by Gasteiger charge is 2.22. The van der Waals surface area contributed by atoms with Crippen LogP contribution >= 0.6 is 7.60 Å². The minimum atomic E-state index is -3.34. The summed E-state index contributed by atoms with van der Waals surface area (Å²) < 4.78 is 48.5. The third-order valence-corrected chi connectivity index (χ3v) is 5.04. The Morgan fingerprint density at radius 3 is 1.95 bits per heavy atom. The lowest BCUT2D eigenvalue weighted by molar-refractivity contribution is 0.219. The molecule has 0 spiro atoms. The molecule has 0 aliphatic rings. The van der Waals surface area contributed by atoms with Gasteiger partial charge in [-0.25, -0.2) is 0 Å². The van der Waals surface area contributed by atoms with Gasteiger partial charge in [-0.2, -0.15) is 8.42 Å². The van der Waals surface area contributed by atoms with E-state index in [-0.39, 0.29) is 6.61 Å². The molecule has 0 amide bonds. The summed E-state index contributed by atoms with van der Waals surface area (Å²) >= 11 is 0. The Morgan fingerprint density at radius 1 is 0.947 bits per heavy atom. The lowest BCUT2D eigenvalue weighted by atomic mass is 10.2. The zero-order valence-electron chi connectivity index (χ0n) is 12.0. The Hall–Kier alpha value is 0.0600. The molecule has 0 aromatic rings. The van der Waals surface area contributed by atoms with E-state index in [4.69, 9.17) is 9.05 Å². The average Bonchev–Trinajstić information content (AvgIpc) is 2.27. The van der Waals surface area contributed by atoms with Crippen molar-refractivity contribution in [3.05, 3.63) is 0 Å². The van der Waals surface area contributed by atoms with E-state index in [2.05, 4.69) is 4.18 Å². The first kappa shape index (κ1) is 19.1. The second-order valence-corrected chi connectivity index (χ2v) is 7.94. The van der Waals surface area contributed by atoms with Crippen LogP contribution in [0.4, 0.5) is 0 Å². The second kappa shape index (κ2) is 9.88. The lowest BCUT2D eigenvalue weighted by Gasteiger charge is -2.16. The highest BCUT2D eigenvalue weighted by Crippen LogP contribution is 2.48. The molecule has 0 rings (SSSR count). The van der Waals surface area contributed by atoms with E-state index < -0.39 is 17.7 Å². The number of rotatable bonds is 12. The predicted molar refractivity (Wildman–Crippen MR) is 75.0 cm³/mol. The van der Waals surface area contributed by atoms with Crippen molar-refractivity contribution in [2.24, 2.45) is 0 Å². The van der Waals surface area contributed by atoms with Crippen molar-refractivity contribution in [2.75, 3.05) is 32.2 Å². The molecule has 8 heteroatoms. The molecule has 0 heterocycles. The molecule has 0 saturated carbocycles. The van der Waals surface area contributed by atoms with Gasteiger partial charge in [0.05, 0.1) is 32.2 Å². The fraction of sp³-hybridized carbons (Fsp3) is 1.00. The van der Waals surface area contributed by atoms with Crippen molar-refractivity contribution in [3.8, 4) is 0 Å². The van der Waals surface area contributed by atoms with Crippen LogP contribution in [0.2, 0.25) is 0 Å². The van der Waals surface area contributed by atoms with Crippen molar-refractivity contribution >= 4 is 17.7 Å². The highest BCUT2D eigenvalue weighted by molar-refractivity contribution is 7.85. The van der Waals surface area contributed by atoms with Gasteiger partial charge in [-0.05, 0) is 26.7 Å². The molecular weight excluding hydrogens is 291 g/mol. The maximum Gasteiger partial charge on any atom is 0.330 e. The van der Waals surface area contributed by atoms with Gasteiger partial charge < -0.3 is 9.05 Å². The van der Waals surface area contributed by atoms with E-state index in [0.29, 0.717) is 25.8 Å². The lowest BCUT2D eigenvalue weighted by Crippen LogP contribution is -2.04. The van der Waals surface area contributed by atoms with Crippen LogP contribution in [0.15, 0.2) is 0 Å². The van der Waals surface area contributed by atoms with Gasteiger partial charge in [0.15, 0.2) is 0 Å². The molecule has 0 bridgehead atoms. The summed E-state index contributed by atoms with van der Waals surface area (Å²) in [4.78, 5) is 0.